The molecule has 1 aromatic rings. The van der Waals surface area contributed by atoms with Gasteiger partial charge in [0.15, 0.2) is 0 Å². The minimum Gasteiger partial charge on any atom is -0.399 e. The number of nitrogens with two attached hydrogens (primary N) is 1. The number of benzene rings is 1. The number of nitrogens with one attached hydrogen (secondary N) is 1. The molecule has 3 N–H and O–H groups in total. The third kappa shape index (κ3) is 4.40. The largest absolute Gasteiger partial charge is 0.399 e. The van der Waals surface area contributed by atoms with Crippen LogP contribution in [0, 0.1) is 0 Å². The summed E-state index contributed by atoms with van der Waals surface area (Å²) < 4.78 is 26.9. The highest BCUT2D eigenvalue weighted by atomic mass is 32.2. The van der Waals surface area contributed by atoms with E-state index in [9.17, 15) is 8.42 Å². The maximum atomic E-state index is 12.0. The van der Waals surface area contributed by atoms with Crippen LogP contribution in [0.3, 0.4) is 0 Å². The molecule has 1 atom stereocenters. The molecule has 0 amide bonds. The molecule has 1 fully saturated rings. The molecule has 0 aliphatic carbocycles. The molecule has 0 saturated carbocycles. The predicted molar refractivity (Wildman–Crippen MR) is 81.6 cm³/mol. The van der Waals surface area contributed by atoms with Crippen LogP contribution in [-0.4, -0.2) is 25.5 Å². The van der Waals surface area contributed by atoms with E-state index in [4.69, 9.17) is 5.73 Å². The molecule has 0 bridgehead atoms. The topological polar surface area (TPSA) is 72.2 Å². The zero-order valence-corrected chi connectivity index (χ0v) is 12.7. The number of sulfonamides is 1. The molecule has 0 spiro atoms. The van der Waals surface area contributed by atoms with Gasteiger partial charge in [0.2, 0.25) is 10.0 Å². The summed E-state index contributed by atoms with van der Waals surface area (Å²) in [7, 11) is -3.30. The zero-order valence-electron chi connectivity index (χ0n) is 11.1. The highest BCUT2D eigenvalue weighted by molar-refractivity contribution is 8.01. The molecule has 1 aliphatic rings. The SMILES string of the molecule is CC1(CNS(=O)(=O)Cc2cccc(N)c2)CCCS1. The van der Waals surface area contributed by atoms with Crippen molar-refractivity contribution in [1.82, 2.24) is 4.72 Å². The lowest BCUT2D eigenvalue weighted by atomic mass is 10.1. The van der Waals surface area contributed by atoms with Crippen molar-refractivity contribution in [2.45, 2.75) is 30.3 Å². The molecule has 6 heteroatoms. The van der Waals surface area contributed by atoms with Gasteiger partial charge in [-0.25, -0.2) is 13.1 Å². The molecule has 106 valence electrons. The van der Waals surface area contributed by atoms with Crippen LogP contribution in [0.25, 0.3) is 0 Å². The van der Waals surface area contributed by atoms with Gasteiger partial charge in [0.1, 0.15) is 0 Å². The summed E-state index contributed by atoms with van der Waals surface area (Å²) in [6.07, 6.45) is 2.23. The Bertz CT molecular complexity index is 537. The van der Waals surface area contributed by atoms with Crippen molar-refractivity contribution >= 4 is 27.5 Å². The van der Waals surface area contributed by atoms with Crippen molar-refractivity contribution in [1.29, 1.82) is 0 Å². The Balaban J connectivity index is 1.95. The molecule has 2 rings (SSSR count). The van der Waals surface area contributed by atoms with Crippen molar-refractivity contribution < 1.29 is 8.42 Å². The summed E-state index contributed by atoms with van der Waals surface area (Å²) in [5.74, 6) is 1.10. The van der Waals surface area contributed by atoms with Crippen molar-refractivity contribution in [2.24, 2.45) is 0 Å². The smallest absolute Gasteiger partial charge is 0.215 e. The standard InChI is InChI=1S/C13H20N2O2S2/c1-13(6-3-7-18-13)10-15-19(16,17)9-11-4-2-5-12(14)8-11/h2,4-5,8,15H,3,6-7,9-10,14H2,1H3. The van der Waals surface area contributed by atoms with Crippen LogP contribution < -0.4 is 10.5 Å². The number of anilines is 1. The second-order valence-corrected chi connectivity index (χ2v) is 8.72. The van der Waals surface area contributed by atoms with Crippen LogP contribution in [0.2, 0.25) is 0 Å². The second-order valence-electron chi connectivity index (χ2n) is 5.23. The van der Waals surface area contributed by atoms with Crippen LogP contribution >= 0.6 is 11.8 Å². The van der Waals surface area contributed by atoms with Crippen molar-refractivity contribution in [3.05, 3.63) is 29.8 Å². The first-order chi connectivity index (χ1) is 8.89. The van der Waals surface area contributed by atoms with E-state index >= 15 is 0 Å². The maximum absolute atomic E-state index is 12.0. The normalized spacial score (nSPS) is 23.6. The Hall–Kier alpha value is -0.720. The van der Waals surface area contributed by atoms with Gasteiger partial charge in [-0.3, -0.25) is 0 Å². The number of rotatable bonds is 5. The van der Waals surface area contributed by atoms with E-state index in [0.717, 1.165) is 24.2 Å². The maximum Gasteiger partial charge on any atom is 0.215 e. The summed E-state index contributed by atoms with van der Waals surface area (Å²) in [4.78, 5) is 0. The van der Waals surface area contributed by atoms with Gasteiger partial charge in [0.25, 0.3) is 0 Å². The van der Waals surface area contributed by atoms with E-state index in [-0.39, 0.29) is 10.5 Å². The molecule has 0 aromatic heterocycles. The molecule has 1 unspecified atom stereocenters. The zero-order chi connectivity index (χ0) is 13.9. The van der Waals surface area contributed by atoms with Gasteiger partial charge in [0.05, 0.1) is 5.75 Å². The molecular weight excluding hydrogens is 280 g/mol. The molecule has 4 nitrogen and oxygen atoms in total. The third-order valence-electron chi connectivity index (χ3n) is 3.27. The third-order valence-corrected chi connectivity index (χ3v) is 6.11. The van der Waals surface area contributed by atoms with Gasteiger partial charge in [-0.15, -0.1) is 0 Å². The molecule has 1 aliphatic heterocycles. The van der Waals surface area contributed by atoms with Crippen molar-refractivity contribution in [2.75, 3.05) is 18.0 Å². The second kappa shape index (κ2) is 5.73. The van der Waals surface area contributed by atoms with E-state index < -0.39 is 10.0 Å². The minimum atomic E-state index is -3.30. The van der Waals surface area contributed by atoms with Gasteiger partial charge < -0.3 is 5.73 Å². The molecule has 19 heavy (non-hydrogen) atoms. The Morgan fingerprint density at radius 3 is 2.89 bits per heavy atom. The Kier molecular flexibility index (Phi) is 4.43. The highest BCUT2D eigenvalue weighted by Gasteiger charge is 2.30. The quantitative estimate of drug-likeness (QED) is 0.816. The van der Waals surface area contributed by atoms with E-state index in [2.05, 4.69) is 11.6 Å². The van der Waals surface area contributed by atoms with Gasteiger partial charge in [-0.2, -0.15) is 11.8 Å². The predicted octanol–water partition coefficient (Wildman–Crippen LogP) is 1.97. The van der Waals surface area contributed by atoms with Gasteiger partial charge in [-0.1, -0.05) is 12.1 Å². The van der Waals surface area contributed by atoms with Gasteiger partial charge in [-0.05, 0) is 43.2 Å². The lowest BCUT2D eigenvalue weighted by Gasteiger charge is -2.22. The lowest BCUT2D eigenvalue weighted by molar-refractivity contribution is 0.552. The fourth-order valence-corrected chi connectivity index (χ4v) is 4.79. The summed E-state index contributed by atoms with van der Waals surface area (Å²) >= 11 is 1.85. The lowest BCUT2D eigenvalue weighted by Crippen LogP contribution is -2.37. The summed E-state index contributed by atoms with van der Waals surface area (Å²) in [5.41, 5.74) is 6.96. The Morgan fingerprint density at radius 2 is 2.26 bits per heavy atom. The van der Waals surface area contributed by atoms with Crippen LogP contribution in [0.1, 0.15) is 25.3 Å². The molecule has 1 saturated heterocycles. The average Bonchev–Trinajstić information content (AvgIpc) is 2.74. The van der Waals surface area contributed by atoms with E-state index in [1.54, 1.807) is 24.3 Å². The average molecular weight is 300 g/mol. The number of hydrogen-bond acceptors (Lipinski definition) is 4. The first kappa shape index (κ1) is 14.7. The first-order valence-electron chi connectivity index (χ1n) is 6.34. The van der Waals surface area contributed by atoms with Crippen LogP contribution in [0.15, 0.2) is 24.3 Å². The highest BCUT2D eigenvalue weighted by Crippen LogP contribution is 2.37. The van der Waals surface area contributed by atoms with E-state index in [1.807, 2.05) is 11.8 Å². The van der Waals surface area contributed by atoms with Crippen LogP contribution in [-0.2, 0) is 15.8 Å². The summed E-state index contributed by atoms with van der Waals surface area (Å²) in [6, 6.07) is 7.00. The van der Waals surface area contributed by atoms with E-state index in [0.29, 0.717) is 12.2 Å². The first-order valence-corrected chi connectivity index (χ1v) is 8.98. The monoisotopic (exact) mass is 300 g/mol. The Morgan fingerprint density at radius 1 is 1.47 bits per heavy atom. The van der Waals surface area contributed by atoms with Gasteiger partial charge in [0, 0.05) is 17.0 Å². The Labute approximate surface area is 119 Å². The van der Waals surface area contributed by atoms with Crippen LogP contribution in [0.4, 0.5) is 5.69 Å². The summed E-state index contributed by atoms with van der Waals surface area (Å²) in [6.45, 7) is 2.62. The van der Waals surface area contributed by atoms with E-state index in [1.165, 1.54) is 0 Å². The van der Waals surface area contributed by atoms with Gasteiger partial charge >= 0.3 is 0 Å². The number of hydrogen-bond donors (Lipinski definition) is 2. The summed E-state index contributed by atoms with van der Waals surface area (Å²) in [5, 5.41) is 0. The molecular formula is C13H20N2O2S2. The minimum absolute atomic E-state index is 0.0151. The van der Waals surface area contributed by atoms with Crippen molar-refractivity contribution in [3.8, 4) is 0 Å². The van der Waals surface area contributed by atoms with Crippen molar-refractivity contribution in [3.63, 3.8) is 0 Å². The van der Waals surface area contributed by atoms with Crippen LogP contribution in [0.5, 0.6) is 0 Å². The molecule has 1 heterocycles. The fourth-order valence-electron chi connectivity index (χ4n) is 2.19. The number of thioether (sulfide) groups is 1. The molecule has 0 radical (unpaired) electrons. The fraction of sp³-hybridized carbons (Fsp3) is 0.538. The number of nitrogen functional groups attached to an aromatic ring is 1. The molecule has 1 aromatic carbocycles.